The lowest BCUT2D eigenvalue weighted by molar-refractivity contribution is 0.152. The van der Waals surface area contributed by atoms with Crippen LogP contribution in [0.15, 0.2) is 55.0 Å². The summed E-state index contributed by atoms with van der Waals surface area (Å²) in [6, 6.07) is 8.99. The van der Waals surface area contributed by atoms with Crippen molar-refractivity contribution in [2.45, 2.75) is 57.6 Å². The van der Waals surface area contributed by atoms with Crippen molar-refractivity contribution in [1.82, 2.24) is 25.1 Å². The number of rotatable bonds is 6. The molecule has 40 heavy (non-hydrogen) atoms. The molecule has 10 heteroatoms. The van der Waals surface area contributed by atoms with E-state index < -0.39 is 26.9 Å². The summed E-state index contributed by atoms with van der Waals surface area (Å²) in [5.41, 5.74) is 2.98. The van der Waals surface area contributed by atoms with E-state index in [1.165, 1.54) is 24.5 Å². The van der Waals surface area contributed by atoms with E-state index in [2.05, 4.69) is 47.9 Å². The lowest BCUT2D eigenvalue weighted by Crippen LogP contribution is -2.47. The highest BCUT2D eigenvalue weighted by atomic mass is 32.2. The van der Waals surface area contributed by atoms with Gasteiger partial charge in [-0.25, -0.2) is 22.2 Å². The number of hydrogen-bond donors (Lipinski definition) is 0. The Hall–Kier alpha value is -3.66. The summed E-state index contributed by atoms with van der Waals surface area (Å²) in [5.74, 6) is -1.39. The van der Waals surface area contributed by atoms with Gasteiger partial charge in [0.1, 0.15) is 11.6 Å². The number of nitrogens with zero attached hydrogens (tertiary/aromatic N) is 5. The van der Waals surface area contributed by atoms with Crippen LogP contribution in [0.4, 0.5) is 8.78 Å². The maximum Gasteiger partial charge on any atom is 0.153 e. The number of benzene rings is 1. The van der Waals surface area contributed by atoms with Crippen molar-refractivity contribution in [2.24, 2.45) is 5.41 Å². The van der Waals surface area contributed by atoms with Crippen molar-refractivity contribution < 1.29 is 17.2 Å². The van der Waals surface area contributed by atoms with Crippen molar-refractivity contribution >= 4 is 9.84 Å². The van der Waals surface area contributed by atoms with E-state index in [0.29, 0.717) is 28.3 Å². The van der Waals surface area contributed by atoms with Crippen LogP contribution in [-0.2, 0) is 21.0 Å². The van der Waals surface area contributed by atoms with E-state index in [4.69, 9.17) is 4.98 Å². The monoisotopic (exact) mass is 563 g/mol. The SMILES string of the molecule is CC[C@@H]1CC(C)(C)[C@@](C)(c2cncc(-c3ccc(CS(C)(=O)=O)nc3)n2)c2nnc(-c3c(F)cccc3F)cc21. The molecule has 0 radical (unpaired) electrons. The van der Waals surface area contributed by atoms with Gasteiger partial charge in [0.05, 0.1) is 51.4 Å². The first-order valence-electron chi connectivity index (χ1n) is 13.1. The van der Waals surface area contributed by atoms with E-state index in [-0.39, 0.29) is 28.3 Å². The molecule has 0 amide bonds. The highest BCUT2D eigenvalue weighted by Gasteiger charge is 2.52. The van der Waals surface area contributed by atoms with Gasteiger partial charge in [-0.1, -0.05) is 26.8 Å². The fourth-order valence-electron chi connectivity index (χ4n) is 5.73. The molecule has 0 N–H and O–H groups in total. The van der Waals surface area contributed by atoms with E-state index in [1.807, 2.05) is 0 Å². The molecule has 0 fully saturated rings. The largest absolute Gasteiger partial charge is 0.261 e. The molecule has 3 heterocycles. The number of fused-ring (bicyclic) bond motifs is 1. The first kappa shape index (κ1) is 27.9. The quantitative estimate of drug-likeness (QED) is 0.282. The predicted octanol–water partition coefficient (Wildman–Crippen LogP) is 6.05. The zero-order valence-corrected chi connectivity index (χ0v) is 23.9. The van der Waals surface area contributed by atoms with Gasteiger partial charge in [0, 0.05) is 24.2 Å². The van der Waals surface area contributed by atoms with E-state index in [0.717, 1.165) is 18.4 Å². The van der Waals surface area contributed by atoms with Gasteiger partial charge in [-0.2, -0.15) is 5.10 Å². The summed E-state index contributed by atoms with van der Waals surface area (Å²) in [6.45, 7) is 8.50. The van der Waals surface area contributed by atoms with Crippen LogP contribution < -0.4 is 0 Å². The molecule has 7 nitrogen and oxygen atoms in total. The summed E-state index contributed by atoms with van der Waals surface area (Å²) in [7, 11) is -3.20. The molecular weight excluding hydrogens is 532 g/mol. The Morgan fingerprint density at radius 3 is 2.33 bits per heavy atom. The average molecular weight is 564 g/mol. The van der Waals surface area contributed by atoms with Gasteiger partial charge in [-0.15, -0.1) is 5.10 Å². The molecule has 208 valence electrons. The standard InChI is InChI=1S/C30H31F2N5O2S/c1-6-18-13-29(2,3)30(4,28-21(18)12-24(36-37-28)27-22(31)8-7-9-23(27)32)26-16-33-15-25(35-26)19-10-11-20(34-14-19)17-40(5,38)39/h7-12,14-16,18H,6,13,17H2,1-5H3/t18-,30+/m1/s1. The van der Waals surface area contributed by atoms with Gasteiger partial charge < -0.3 is 0 Å². The minimum absolute atomic E-state index is 0.116. The minimum Gasteiger partial charge on any atom is -0.261 e. The zero-order valence-electron chi connectivity index (χ0n) is 23.1. The first-order chi connectivity index (χ1) is 18.8. The molecule has 1 aliphatic carbocycles. The molecule has 0 saturated heterocycles. The van der Waals surface area contributed by atoms with Crippen LogP contribution in [0, 0.1) is 17.0 Å². The summed E-state index contributed by atoms with van der Waals surface area (Å²) >= 11 is 0. The number of sulfone groups is 1. The summed E-state index contributed by atoms with van der Waals surface area (Å²) in [4.78, 5) is 13.8. The van der Waals surface area contributed by atoms with Crippen molar-refractivity contribution in [3.05, 3.63) is 89.3 Å². The number of hydrogen-bond acceptors (Lipinski definition) is 7. The summed E-state index contributed by atoms with van der Waals surface area (Å²) in [5, 5.41) is 8.95. The van der Waals surface area contributed by atoms with Gasteiger partial charge in [-0.3, -0.25) is 9.97 Å². The molecule has 2 atom stereocenters. The van der Waals surface area contributed by atoms with Crippen LogP contribution in [0.5, 0.6) is 0 Å². The third-order valence-electron chi connectivity index (χ3n) is 8.24. The topological polar surface area (TPSA) is 98.6 Å². The maximum atomic E-state index is 14.6. The highest BCUT2D eigenvalue weighted by Crippen LogP contribution is 2.56. The Morgan fingerprint density at radius 2 is 1.70 bits per heavy atom. The van der Waals surface area contributed by atoms with Crippen LogP contribution in [0.25, 0.3) is 22.5 Å². The van der Waals surface area contributed by atoms with Crippen molar-refractivity contribution in [1.29, 1.82) is 0 Å². The molecule has 0 spiro atoms. The third kappa shape index (κ3) is 4.89. The lowest BCUT2D eigenvalue weighted by Gasteiger charge is -2.50. The second kappa shape index (κ2) is 10.1. The van der Waals surface area contributed by atoms with Crippen molar-refractivity contribution in [3.63, 3.8) is 0 Å². The molecule has 5 rings (SSSR count). The fourth-order valence-corrected chi connectivity index (χ4v) is 6.44. The molecule has 1 aliphatic rings. The lowest BCUT2D eigenvalue weighted by atomic mass is 9.54. The number of pyridine rings is 1. The fraction of sp³-hybridized carbons (Fsp3) is 0.367. The van der Waals surface area contributed by atoms with Crippen LogP contribution in [0.3, 0.4) is 0 Å². The second-order valence-electron chi connectivity index (χ2n) is 11.3. The Morgan fingerprint density at radius 1 is 0.975 bits per heavy atom. The Balaban J connectivity index is 1.62. The average Bonchev–Trinajstić information content (AvgIpc) is 2.90. The number of aromatic nitrogens is 5. The van der Waals surface area contributed by atoms with Gasteiger partial charge >= 0.3 is 0 Å². The normalized spacial score (nSPS) is 20.2. The van der Waals surface area contributed by atoms with Gasteiger partial charge in [0.25, 0.3) is 0 Å². The van der Waals surface area contributed by atoms with Gasteiger partial charge in [-0.05, 0) is 67.0 Å². The molecule has 4 aromatic rings. The smallest absolute Gasteiger partial charge is 0.153 e. The Labute approximate surface area is 233 Å². The van der Waals surface area contributed by atoms with E-state index in [1.54, 1.807) is 36.8 Å². The zero-order chi connectivity index (χ0) is 28.9. The summed E-state index contributed by atoms with van der Waals surface area (Å²) in [6.07, 6.45) is 7.75. The number of halogens is 2. The van der Waals surface area contributed by atoms with E-state index >= 15 is 0 Å². The van der Waals surface area contributed by atoms with Crippen LogP contribution in [0.1, 0.15) is 69.1 Å². The third-order valence-corrected chi connectivity index (χ3v) is 9.06. The predicted molar refractivity (Wildman–Crippen MR) is 149 cm³/mol. The minimum atomic E-state index is -3.20. The Bertz CT molecular complexity index is 1670. The van der Waals surface area contributed by atoms with Crippen LogP contribution in [-0.4, -0.2) is 39.8 Å². The van der Waals surface area contributed by atoms with Gasteiger partial charge in [0.2, 0.25) is 0 Å². The Kier molecular flexibility index (Phi) is 7.02. The second-order valence-corrected chi connectivity index (χ2v) is 13.5. The van der Waals surface area contributed by atoms with Gasteiger partial charge in [0.15, 0.2) is 9.84 Å². The molecular formula is C30H31F2N5O2S. The van der Waals surface area contributed by atoms with Crippen LogP contribution >= 0.6 is 0 Å². The molecule has 0 bridgehead atoms. The maximum absolute atomic E-state index is 14.6. The van der Waals surface area contributed by atoms with Crippen molar-refractivity contribution in [2.75, 3.05) is 6.26 Å². The highest BCUT2D eigenvalue weighted by molar-refractivity contribution is 7.89. The molecule has 0 aliphatic heterocycles. The van der Waals surface area contributed by atoms with Crippen molar-refractivity contribution in [3.8, 4) is 22.5 Å². The first-order valence-corrected chi connectivity index (χ1v) is 15.2. The summed E-state index contributed by atoms with van der Waals surface area (Å²) < 4.78 is 52.6. The van der Waals surface area contributed by atoms with E-state index in [9.17, 15) is 17.2 Å². The molecule has 0 unspecified atom stereocenters. The molecule has 3 aromatic heterocycles. The van der Waals surface area contributed by atoms with Crippen LogP contribution in [0.2, 0.25) is 0 Å². The molecule has 0 saturated carbocycles. The molecule has 1 aromatic carbocycles.